The maximum atomic E-state index is 13.1. The fraction of sp³-hybridized carbons (Fsp3) is 0.636. The zero-order chi connectivity index (χ0) is 21.6. The lowest BCUT2D eigenvalue weighted by Crippen LogP contribution is -2.45. The predicted octanol–water partition coefficient (Wildman–Crippen LogP) is 3.10. The van der Waals surface area contributed by atoms with Crippen LogP contribution in [0.1, 0.15) is 68.1 Å². The van der Waals surface area contributed by atoms with Crippen LogP contribution < -0.4 is 5.32 Å². The lowest BCUT2D eigenvalue weighted by Gasteiger charge is -2.32. The van der Waals surface area contributed by atoms with E-state index in [2.05, 4.69) is 5.32 Å². The van der Waals surface area contributed by atoms with E-state index < -0.39 is 16.0 Å². The summed E-state index contributed by atoms with van der Waals surface area (Å²) < 4.78 is 32.3. The first kappa shape index (κ1) is 22.7. The summed E-state index contributed by atoms with van der Waals surface area (Å²) >= 11 is 0. The Hall–Kier alpha value is -1.93. The topological polar surface area (TPSA) is 92.8 Å². The van der Waals surface area contributed by atoms with Crippen molar-refractivity contribution in [2.45, 2.75) is 68.7 Å². The van der Waals surface area contributed by atoms with Crippen molar-refractivity contribution >= 4 is 21.9 Å². The molecule has 7 nitrogen and oxygen atoms in total. The number of carbonyl (C=O) groups is 2. The molecule has 0 unspecified atom stereocenters. The molecule has 0 atom stereocenters. The lowest BCUT2D eigenvalue weighted by atomic mass is 9.94. The second kappa shape index (κ2) is 10.4. The Labute approximate surface area is 179 Å². The van der Waals surface area contributed by atoms with E-state index in [0.717, 1.165) is 25.7 Å². The summed E-state index contributed by atoms with van der Waals surface area (Å²) in [6.07, 6.45) is 9.09. The lowest BCUT2D eigenvalue weighted by molar-refractivity contribution is -0.127. The number of carbonyl (C=O) groups excluding carboxylic acids is 2. The molecule has 1 N–H and O–H groups in total. The Bertz CT molecular complexity index is 839. The first-order valence-corrected chi connectivity index (χ1v) is 12.4. The van der Waals surface area contributed by atoms with Gasteiger partial charge in [0.05, 0.1) is 17.6 Å². The van der Waals surface area contributed by atoms with E-state index in [1.165, 1.54) is 42.8 Å². The molecule has 1 heterocycles. The Morgan fingerprint density at radius 3 is 2.20 bits per heavy atom. The van der Waals surface area contributed by atoms with Gasteiger partial charge in [-0.05, 0) is 37.8 Å². The number of rotatable bonds is 5. The normalized spacial score (nSPS) is 20.2. The minimum Gasteiger partial charge on any atom is -0.465 e. The number of piperidine rings is 1. The van der Waals surface area contributed by atoms with E-state index in [9.17, 15) is 18.0 Å². The van der Waals surface area contributed by atoms with Gasteiger partial charge in [-0.1, -0.05) is 44.2 Å². The minimum atomic E-state index is -3.83. The number of benzene rings is 1. The van der Waals surface area contributed by atoms with Gasteiger partial charge in [0.2, 0.25) is 15.9 Å². The number of hydrogen-bond donors (Lipinski definition) is 1. The molecule has 1 aromatic rings. The zero-order valence-corrected chi connectivity index (χ0v) is 18.5. The molecule has 30 heavy (non-hydrogen) atoms. The van der Waals surface area contributed by atoms with Crippen molar-refractivity contribution in [1.29, 1.82) is 0 Å². The summed E-state index contributed by atoms with van der Waals surface area (Å²) in [7, 11) is -2.60. The van der Waals surface area contributed by atoms with Crippen molar-refractivity contribution in [2.75, 3.05) is 20.2 Å². The van der Waals surface area contributed by atoms with Gasteiger partial charge in [-0.15, -0.1) is 0 Å². The van der Waals surface area contributed by atoms with Gasteiger partial charge in [-0.25, -0.2) is 13.2 Å². The van der Waals surface area contributed by atoms with Gasteiger partial charge in [0.1, 0.15) is 0 Å². The third kappa shape index (κ3) is 5.40. The van der Waals surface area contributed by atoms with E-state index in [-0.39, 0.29) is 41.4 Å². The number of ether oxygens (including phenoxy) is 1. The summed E-state index contributed by atoms with van der Waals surface area (Å²) in [4.78, 5) is 24.7. The number of nitrogens with one attached hydrogen (secondary N) is 1. The summed E-state index contributed by atoms with van der Waals surface area (Å²) in [5, 5.41) is 3.21. The maximum Gasteiger partial charge on any atom is 0.339 e. The molecule has 1 saturated heterocycles. The quantitative estimate of drug-likeness (QED) is 0.716. The van der Waals surface area contributed by atoms with Crippen LogP contribution in [0, 0.1) is 5.92 Å². The van der Waals surface area contributed by atoms with Crippen LogP contribution in [0.4, 0.5) is 0 Å². The van der Waals surface area contributed by atoms with Crippen molar-refractivity contribution in [3.05, 3.63) is 29.8 Å². The first-order valence-electron chi connectivity index (χ1n) is 10.9. The Kier molecular flexibility index (Phi) is 7.88. The van der Waals surface area contributed by atoms with Crippen LogP contribution in [0.5, 0.6) is 0 Å². The fourth-order valence-corrected chi connectivity index (χ4v) is 6.04. The number of amides is 1. The minimum absolute atomic E-state index is 0.0316. The number of esters is 1. The summed E-state index contributed by atoms with van der Waals surface area (Å²) in [6.45, 7) is 0.529. The van der Waals surface area contributed by atoms with Crippen LogP contribution in [0.25, 0.3) is 0 Å². The maximum absolute atomic E-state index is 13.1. The van der Waals surface area contributed by atoms with Gasteiger partial charge in [-0.2, -0.15) is 4.31 Å². The molecule has 8 heteroatoms. The molecule has 3 rings (SSSR count). The van der Waals surface area contributed by atoms with E-state index in [4.69, 9.17) is 4.74 Å². The van der Waals surface area contributed by atoms with E-state index in [0.29, 0.717) is 12.8 Å². The highest BCUT2D eigenvalue weighted by Gasteiger charge is 2.34. The van der Waals surface area contributed by atoms with Gasteiger partial charge < -0.3 is 10.1 Å². The molecule has 166 valence electrons. The van der Waals surface area contributed by atoms with Crippen LogP contribution in [0.2, 0.25) is 0 Å². The van der Waals surface area contributed by atoms with Gasteiger partial charge >= 0.3 is 5.97 Å². The molecule has 1 saturated carbocycles. The van der Waals surface area contributed by atoms with E-state index in [1.807, 2.05) is 0 Å². The van der Waals surface area contributed by atoms with Gasteiger partial charge in [0, 0.05) is 25.0 Å². The monoisotopic (exact) mass is 436 g/mol. The Balaban J connectivity index is 1.61. The van der Waals surface area contributed by atoms with E-state index >= 15 is 0 Å². The van der Waals surface area contributed by atoms with Gasteiger partial charge in [-0.3, -0.25) is 4.79 Å². The number of sulfonamides is 1. The smallest absolute Gasteiger partial charge is 0.339 e. The Morgan fingerprint density at radius 1 is 0.967 bits per heavy atom. The van der Waals surface area contributed by atoms with Crippen molar-refractivity contribution in [3.8, 4) is 0 Å². The van der Waals surface area contributed by atoms with Crippen molar-refractivity contribution in [1.82, 2.24) is 9.62 Å². The van der Waals surface area contributed by atoms with Crippen LogP contribution >= 0.6 is 0 Å². The first-order chi connectivity index (χ1) is 14.4. The van der Waals surface area contributed by atoms with Crippen LogP contribution in [0.3, 0.4) is 0 Å². The molecule has 2 fully saturated rings. The average Bonchev–Trinajstić information content (AvgIpc) is 2.75. The standard InChI is InChI=1S/C22H32N2O5S/c1-29-22(26)19-11-7-8-12-20(19)30(27,28)24-15-13-17(14-16-24)21(25)23-18-9-5-3-2-4-6-10-18/h7-8,11-12,17-18H,2-6,9-10,13-16H2,1H3,(H,23,25). The third-order valence-corrected chi connectivity index (χ3v) is 8.14. The summed E-state index contributed by atoms with van der Waals surface area (Å²) in [6, 6.07) is 6.32. The fourth-order valence-electron chi connectivity index (χ4n) is 4.39. The van der Waals surface area contributed by atoms with Crippen LogP contribution in [-0.4, -0.2) is 50.8 Å². The number of hydrogen-bond acceptors (Lipinski definition) is 5. The van der Waals surface area contributed by atoms with Gasteiger partial charge in [0.25, 0.3) is 0 Å². The molecular weight excluding hydrogens is 404 g/mol. The molecular formula is C22H32N2O5S. The highest BCUT2D eigenvalue weighted by molar-refractivity contribution is 7.89. The highest BCUT2D eigenvalue weighted by Crippen LogP contribution is 2.27. The molecule has 0 aromatic heterocycles. The average molecular weight is 437 g/mol. The Morgan fingerprint density at radius 2 is 1.57 bits per heavy atom. The second-order valence-corrected chi connectivity index (χ2v) is 10.1. The third-order valence-electron chi connectivity index (χ3n) is 6.19. The SMILES string of the molecule is COC(=O)c1ccccc1S(=O)(=O)N1CCC(C(=O)NC2CCCCCCC2)CC1. The molecule has 1 amide bonds. The van der Waals surface area contributed by atoms with Crippen molar-refractivity contribution in [2.24, 2.45) is 5.92 Å². The van der Waals surface area contributed by atoms with E-state index in [1.54, 1.807) is 12.1 Å². The zero-order valence-electron chi connectivity index (χ0n) is 17.6. The molecule has 1 aliphatic carbocycles. The highest BCUT2D eigenvalue weighted by atomic mass is 32.2. The van der Waals surface area contributed by atoms with Crippen LogP contribution in [-0.2, 0) is 19.6 Å². The summed E-state index contributed by atoms with van der Waals surface area (Å²) in [5.41, 5.74) is 0.0316. The number of nitrogens with zero attached hydrogens (tertiary/aromatic N) is 1. The van der Waals surface area contributed by atoms with Crippen molar-refractivity contribution in [3.63, 3.8) is 0 Å². The second-order valence-electron chi connectivity index (χ2n) is 8.22. The molecule has 1 aliphatic heterocycles. The molecule has 1 aromatic carbocycles. The van der Waals surface area contributed by atoms with Gasteiger partial charge in [0.15, 0.2) is 0 Å². The molecule has 0 spiro atoms. The van der Waals surface area contributed by atoms with Crippen LogP contribution in [0.15, 0.2) is 29.2 Å². The number of methoxy groups -OCH3 is 1. The largest absolute Gasteiger partial charge is 0.465 e. The molecule has 0 bridgehead atoms. The molecule has 0 radical (unpaired) electrons. The molecule has 2 aliphatic rings. The predicted molar refractivity (Wildman–Crippen MR) is 114 cm³/mol. The summed E-state index contributed by atoms with van der Waals surface area (Å²) in [5.74, 6) is -0.798. The van der Waals surface area contributed by atoms with Crippen molar-refractivity contribution < 1.29 is 22.7 Å².